The van der Waals surface area contributed by atoms with E-state index in [1.165, 1.54) is 24.6 Å². The maximum atomic E-state index is 12.3. The van der Waals surface area contributed by atoms with E-state index in [1.54, 1.807) is 0 Å². The van der Waals surface area contributed by atoms with Crippen molar-refractivity contribution in [2.24, 2.45) is 0 Å². The van der Waals surface area contributed by atoms with Gasteiger partial charge in [-0.2, -0.15) is 4.98 Å². The molecule has 0 bridgehead atoms. The van der Waals surface area contributed by atoms with Gasteiger partial charge in [-0.05, 0) is 38.0 Å². The van der Waals surface area contributed by atoms with Crippen molar-refractivity contribution in [2.45, 2.75) is 62.4 Å². The maximum Gasteiger partial charge on any atom is 0.258 e. The van der Waals surface area contributed by atoms with Crippen molar-refractivity contribution in [3.8, 4) is 5.88 Å². The van der Waals surface area contributed by atoms with Crippen LogP contribution in [-0.2, 0) is 4.79 Å². The Hall–Kier alpha value is -1.50. The van der Waals surface area contributed by atoms with E-state index < -0.39 is 0 Å². The average molecular weight is 351 g/mol. The lowest BCUT2D eigenvalue weighted by molar-refractivity contribution is -0.129. The minimum atomic E-state index is -0.262. The number of aromatic amines is 1. The summed E-state index contributed by atoms with van der Waals surface area (Å²) in [5, 5.41) is 10.5. The Morgan fingerprint density at radius 2 is 1.83 bits per heavy atom. The number of aromatic hydroxyl groups is 1. The Morgan fingerprint density at radius 1 is 1.17 bits per heavy atom. The topological polar surface area (TPSA) is 86.3 Å². The lowest BCUT2D eigenvalue weighted by Crippen LogP contribution is -2.36. The first-order valence-electron chi connectivity index (χ1n) is 8.89. The quantitative estimate of drug-likeness (QED) is 0.643. The summed E-state index contributed by atoms with van der Waals surface area (Å²) in [5.41, 5.74) is 0.156. The third-order valence-electron chi connectivity index (χ3n) is 4.97. The van der Waals surface area contributed by atoms with E-state index in [-0.39, 0.29) is 29.0 Å². The Bertz CT molecular complexity index is 634. The van der Waals surface area contributed by atoms with Gasteiger partial charge < -0.3 is 15.0 Å². The van der Waals surface area contributed by atoms with Gasteiger partial charge in [0.25, 0.3) is 5.56 Å². The van der Waals surface area contributed by atoms with Crippen LogP contribution in [0.1, 0.15) is 62.8 Å². The second-order valence-electron chi connectivity index (χ2n) is 6.67. The number of thioether (sulfide) groups is 1. The summed E-state index contributed by atoms with van der Waals surface area (Å²) in [6, 6.07) is 0. The molecular formula is C17H25N3O3S. The van der Waals surface area contributed by atoms with Crippen molar-refractivity contribution in [2.75, 3.05) is 18.8 Å². The number of carbonyl (C=O) groups excluding carboxylic acids is 1. The van der Waals surface area contributed by atoms with Gasteiger partial charge in [0, 0.05) is 13.1 Å². The molecule has 1 saturated heterocycles. The van der Waals surface area contributed by atoms with Gasteiger partial charge in [-0.1, -0.05) is 31.0 Å². The molecule has 2 aliphatic rings. The molecule has 1 aliphatic carbocycles. The highest BCUT2D eigenvalue weighted by molar-refractivity contribution is 7.99. The van der Waals surface area contributed by atoms with E-state index in [2.05, 4.69) is 9.97 Å². The summed E-state index contributed by atoms with van der Waals surface area (Å²) in [6.07, 6.45) is 8.52. The third-order valence-corrected chi connectivity index (χ3v) is 5.83. The largest absolute Gasteiger partial charge is 0.493 e. The summed E-state index contributed by atoms with van der Waals surface area (Å²) in [4.78, 5) is 33.2. The van der Waals surface area contributed by atoms with Gasteiger partial charge >= 0.3 is 0 Å². The molecular weight excluding hydrogens is 326 g/mol. The lowest BCUT2D eigenvalue weighted by Gasteiger charge is -2.26. The first kappa shape index (κ1) is 17.3. The number of nitrogens with zero attached hydrogens (tertiary/aromatic N) is 2. The van der Waals surface area contributed by atoms with Crippen LogP contribution >= 0.6 is 11.8 Å². The van der Waals surface area contributed by atoms with E-state index in [0.29, 0.717) is 10.7 Å². The monoisotopic (exact) mass is 351 g/mol. The molecule has 1 aromatic rings. The molecule has 0 aromatic carbocycles. The van der Waals surface area contributed by atoms with Crippen molar-refractivity contribution >= 4 is 17.7 Å². The van der Waals surface area contributed by atoms with Crippen molar-refractivity contribution in [3.63, 3.8) is 0 Å². The zero-order valence-corrected chi connectivity index (χ0v) is 14.7. The fourth-order valence-electron chi connectivity index (χ4n) is 3.64. The molecule has 1 aliphatic heterocycles. The molecule has 1 aromatic heterocycles. The molecule has 132 valence electrons. The molecule has 1 amide bonds. The molecule has 1 saturated carbocycles. The highest BCUT2D eigenvalue weighted by atomic mass is 32.2. The standard InChI is InChI=1S/C17H25N3O3S/c21-13(20-9-5-2-6-10-20)11-24-17-18-15(22)14(16(23)19-17)12-7-3-1-4-8-12/h12H,1-11H2,(H2,18,19,22,23). The van der Waals surface area contributed by atoms with Gasteiger partial charge in [0.1, 0.15) is 0 Å². The van der Waals surface area contributed by atoms with Crippen LogP contribution in [0.2, 0.25) is 0 Å². The van der Waals surface area contributed by atoms with E-state index in [9.17, 15) is 14.7 Å². The van der Waals surface area contributed by atoms with E-state index in [1.807, 2.05) is 4.90 Å². The molecule has 2 fully saturated rings. The number of H-pyrrole nitrogens is 1. The van der Waals surface area contributed by atoms with Crippen LogP contribution < -0.4 is 5.56 Å². The molecule has 0 unspecified atom stereocenters. The molecule has 6 nitrogen and oxygen atoms in total. The predicted molar refractivity (Wildman–Crippen MR) is 93.5 cm³/mol. The molecule has 0 spiro atoms. The molecule has 7 heteroatoms. The Labute approximate surface area is 146 Å². The normalized spacial score (nSPS) is 19.4. The van der Waals surface area contributed by atoms with Gasteiger partial charge in [0.2, 0.25) is 11.8 Å². The van der Waals surface area contributed by atoms with Crippen LogP contribution in [0.25, 0.3) is 0 Å². The van der Waals surface area contributed by atoms with E-state index in [4.69, 9.17) is 0 Å². The zero-order valence-electron chi connectivity index (χ0n) is 13.9. The van der Waals surface area contributed by atoms with E-state index in [0.717, 1.165) is 51.6 Å². The highest BCUT2D eigenvalue weighted by Gasteiger charge is 2.24. The van der Waals surface area contributed by atoms with Crippen LogP contribution in [-0.4, -0.2) is 44.7 Å². The van der Waals surface area contributed by atoms with Crippen LogP contribution in [0.3, 0.4) is 0 Å². The molecule has 2 N–H and O–H groups in total. The van der Waals surface area contributed by atoms with Crippen LogP contribution in [0, 0.1) is 0 Å². The highest BCUT2D eigenvalue weighted by Crippen LogP contribution is 2.34. The summed E-state index contributed by atoms with van der Waals surface area (Å²) < 4.78 is 0. The van der Waals surface area contributed by atoms with Crippen molar-refractivity contribution in [1.82, 2.24) is 14.9 Å². The fraction of sp³-hybridized carbons (Fsp3) is 0.706. The molecule has 3 rings (SSSR count). The summed E-state index contributed by atoms with van der Waals surface area (Å²) in [7, 11) is 0. The minimum Gasteiger partial charge on any atom is -0.493 e. The molecule has 0 radical (unpaired) electrons. The molecule has 2 heterocycles. The van der Waals surface area contributed by atoms with Crippen molar-refractivity contribution < 1.29 is 9.90 Å². The number of carbonyl (C=O) groups is 1. The number of aromatic nitrogens is 2. The SMILES string of the molecule is O=C(CSc1nc(O)c(C2CCCCC2)c(=O)[nH]1)N1CCCCC1. The fourth-order valence-corrected chi connectivity index (χ4v) is 4.40. The average Bonchev–Trinajstić information content (AvgIpc) is 2.61. The van der Waals surface area contributed by atoms with Gasteiger partial charge in [-0.3, -0.25) is 9.59 Å². The smallest absolute Gasteiger partial charge is 0.258 e. The molecule has 0 atom stereocenters. The lowest BCUT2D eigenvalue weighted by atomic mass is 9.85. The number of likely N-dealkylation sites (tertiary alicyclic amines) is 1. The Morgan fingerprint density at radius 3 is 2.50 bits per heavy atom. The first-order valence-corrected chi connectivity index (χ1v) is 9.87. The van der Waals surface area contributed by atoms with Gasteiger partial charge in [0.15, 0.2) is 5.16 Å². The Balaban J connectivity index is 1.64. The predicted octanol–water partition coefficient (Wildman–Crippen LogP) is 2.63. The number of piperidine rings is 1. The number of hydrogen-bond donors (Lipinski definition) is 2. The zero-order chi connectivity index (χ0) is 16.9. The minimum absolute atomic E-state index is 0.0678. The Kier molecular flexibility index (Phi) is 5.81. The van der Waals surface area contributed by atoms with Crippen molar-refractivity contribution in [3.05, 3.63) is 15.9 Å². The van der Waals surface area contributed by atoms with Gasteiger partial charge in [0.05, 0.1) is 11.3 Å². The number of nitrogens with one attached hydrogen (secondary N) is 1. The first-order chi connectivity index (χ1) is 11.6. The second-order valence-corrected chi connectivity index (χ2v) is 7.64. The van der Waals surface area contributed by atoms with E-state index >= 15 is 0 Å². The van der Waals surface area contributed by atoms with Crippen molar-refractivity contribution in [1.29, 1.82) is 0 Å². The second kappa shape index (κ2) is 8.05. The van der Waals surface area contributed by atoms with Gasteiger partial charge in [-0.15, -0.1) is 0 Å². The maximum absolute atomic E-state index is 12.3. The summed E-state index contributed by atoms with van der Waals surface area (Å²) in [5.74, 6) is 0.242. The number of rotatable bonds is 4. The molecule has 24 heavy (non-hydrogen) atoms. The number of amides is 1. The number of hydrogen-bond acceptors (Lipinski definition) is 5. The van der Waals surface area contributed by atoms with Gasteiger partial charge in [-0.25, -0.2) is 0 Å². The summed E-state index contributed by atoms with van der Waals surface area (Å²) >= 11 is 1.19. The van der Waals surface area contributed by atoms with Crippen LogP contribution in [0.4, 0.5) is 0 Å². The summed E-state index contributed by atoms with van der Waals surface area (Å²) in [6.45, 7) is 1.63. The van der Waals surface area contributed by atoms with Crippen LogP contribution in [0.5, 0.6) is 5.88 Å². The third kappa shape index (κ3) is 4.12. The van der Waals surface area contributed by atoms with Crippen LogP contribution in [0.15, 0.2) is 9.95 Å².